The fourth-order valence-corrected chi connectivity index (χ4v) is 2.30. The highest BCUT2D eigenvalue weighted by atomic mass is 16.4. The monoisotopic (exact) mass is 294 g/mol. The summed E-state index contributed by atoms with van der Waals surface area (Å²) in [5, 5.41) is 18.3. The van der Waals surface area contributed by atoms with Gasteiger partial charge in [-0.1, -0.05) is 24.3 Å². The van der Waals surface area contributed by atoms with Crippen LogP contribution >= 0.6 is 0 Å². The summed E-state index contributed by atoms with van der Waals surface area (Å²) in [6.45, 7) is 0. The van der Waals surface area contributed by atoms with E-state index in [4.69, 9.17) is 5.26 Å². The molecule has 0 amide bonds. The van der Waals surface area contributed by atoms with Gasteiger partial charge < -0.3 is 10.0 Å². The minimum Gasteiger partial charge on any atom is -0.481 e. The third-order valence-electron chi connectivity index (χ3n) is 3.63. The Morgan fingerprint density at radius 3 is 2.18 bits per heavy atom. The molecule has 2 aromatic carbocycles. The molecule has 0 radical (unpaired) electrons. The van der Waals surface area contributed by atoms with Crippen molar-refractivity contribution in [2.45, 2.75) is 12.3 Å². The van der Waals surface area contributed by atoms with Crippen LogP contribution in [0.3, 0.4) is 0 Å². The molecule has 0 saturated heterocycles. The summed E-state index contributed by atoms with van der Waals surface area (Å²) in [4.78, 5) is 13.6. The zero-order valence-corrected chi connectivity index (χ0v) is 12.7. The van der Waals surface area contributed by atoms with Crippen LogP contribution in [0.1, 0.15) is 22.6 Å². The fraction of sp³-hybridized carbons (Fsp3) is 0.222. The van der Waals surface area contributed by atoms with E-state index in [1.165, 1.54) is 0 Å². The SMILES string of the molecule is CN(C)c1ccc(C(Cc2ccc(C#N)cc2)C(=O)O)cc1. The van der Waals surface area contributed by atoms with E-state index in [2.05, 4.69) is 6.07 Å². The van der Waals surface area contributed by atoms with Crippen LogP contribution in [0.25, 0.3) is 0 Å². The number of anilines is 1. The Hall–Kier alpha value is -2.80. The van der Waals surface area contributed by atoms with Gasteiger partial charge in [-0.2, -0.15) is 5.26 Å². The van der Waals surface area contributed by atoms with Crippen LogP contribution < -0.4 is 4.90 Å². The first-order valence-electron chi connectivity index (χ1n) is 7.00. The van der Waals surface area contributed by atoms with Gasteiger partial charge in [0.05, 0.1) is 17.6 Å². The minimum atomic E-state index is -0.845. The molecule has 0 aromatic heterocycles. The summed E-state index contributed by atoms with van der Waals surface area (Å²) in [6.07, 6.45) is 0.405. The van der Waals surface area contributed by atoms with Gasteiger partial charge in [0, 0.05) is 19.8 Å². The highest BCUT2D eigenvalue weighted by Crippen LogP contribution is 2.24. The van der Waals surface area contributed by atoms with E-state index in [0.717, 1.165) is 16.8 Å². The molecule has 1 unspecified atom stereocenters. The van der Waals surface area contributed by atoms with Gasteiger partial charge in [0.1, 0.15) is 0 Å². The minimum absolute atomic E-state index is 0.405. The van der Waals surface area contributed by atoms with E-state index in [-0.39, 0.29) is 0 Å². The van der Waals surface area contributed by atoms with Gasteiger partial charge >= 0.3 is 5.97 Å². The molecule has 0 spiro atoms. The molecule has 4 nitrogen and oxygen atoms in total. The zero-order valence-electron chi connectivity index (χ0n) is 12.7. The standard InChI is InChI=1S/C18H18N2O2/c1-20(2)16-9-7-15(8-10-16)17(18(21)22)11-13-3-5-14(12-19)6-4-13/h3-10,17H,11H2,1-2H3,(H,21,22). The van der Waals surface area contributed by atoms with Crippen molar-refractivity contribution in [1.82, 2.24) is 0 Å². The van der Waals surface area contributed by atoms with E-state index < -0.39 is 11.9 Å². The van der Waals surface area contributed by atoms with Crippen LogP contribution in [-0.4, -0.2) is 25.2 Å². The van der Waals surface area contributed by atoms with Gasteiger partial charge in [0.25, 0.3) is 0 Å². The molecule has 0 heterocycles. The molecule has 0 aliphatic rings. The summed E-state index contributed by atoms with van der Waals surface area (Å²) in [5.74, 6) is -1.44. The van der Waals surface area contributed by atoms with E-state index in [9.17, 15) is 9.90 Å². The molecule has 4 heteroatoms. The fourth-order valence-electron chi connectivity index (χ4n) is 2.30. The Balaban J connectivity index is 2.22. The largest absolute Gasteiger partial charge is 0.481 e. The highest BCUT2D eigenvalue weighted by molar-refractivity contribution is 5.76. The lowest BCUT2D eigenvalue weighted by molar-refractivity contribution is -0.138. The normalized spacial score (nSPS) is 11.5. The molecular formula is C18H18N2O2. The van der Waals surface area contributed by atoms with Crippen molar-refractivity contribution in [1.29, 1.82) is 5.26 Å². The van der Waals surface area contributed by atoms with Crippen molar-refractivity contribution in [2.75, 3.05) is 19.0 Å². The number of aliphatic carboxylic acids is 1. The molecule has 22 heavy (non-hydrogen) atoms. The number of carboxylic acid groups (broad SMARTS) is 1. The van der Waals surface area contributed by atoms with Crippen molar-refractivity contribution in [3.63, 3.8) is 0 Å². The third-order valence-corrected chi connectivity index (χ3v) is 3.63. The molecule has 1 N–H and O–H groups in total. The quantitative estimate of drug-likeness (QED) is 0.920. The number of hydrogen-bond acceptors (Lipinski definition) is 3. The van der Waals surface area contributed by atoms with Crippen LogP contribution in [0.4, 0.5) is 5.69 Å². The van der Waals surface area contributed by atoms with Gasteiger partial charge in [-0.25, -0.2) is 0 Å². The Bertz CT molecular complexity index is 683. The molecule has 0 saturated carbocycles. The van der Waals surface area contributed by atoms with Crippen LogP contribution in [0.5, 0.6) is 0 Å². The van der Waals surface area contributed by atoms with E-state index in [1.54, 1.807) is 12.1 Å². The third kappa shape index (κ3) is 3.64. The van der Waals surface area contributed by atoms with Gasteiger partial charge in [-0.05, 0) is 41.8 Å². The van der Waals surface area contributed by atoms with E-state index >= 15 is 0 Å². The predicted octanol–water partition coefficient (Wildman–Crippen LogP) is 3.04. The molecule has 0 bridgehead atoms. The van der Waals surface area contributed by atoms with Gasteiger partial charge in [0.2, 0.25) is 0 Å². The predicted molar refractivity (Wildman–Crippen MR) is 86.0 cm³/mol. The first kappa shape index (κ1) is 15.6. The lowest BCUT2D eigenvalue weighted by atomic mass is 9.91. The molecule has 0 fully saturated rings. The maximum atomic E-state index is 11.6. The molecule has 2 aromatic rings. The Kier molecular flexibility index (Phi) is 4.80. The summed E-state index contributed by atoms with van der Waals surface area (Å²) < 4.78 is 0. The number of carbonyl (C=O) groups is 1. The first-order valence-corrected chi connectivity index (χ1v) is 7.00. The number of hydrogen-bond donors (Lipinski definition) is 1. The van der Waals surface area contributed by atoms with Crippen molar-refractivity contribution >= 4 is 11.7 Å². The smallest absolute Gasteiger partial charge is 0.311 e. The summed E-state index contributed by atoms with van der Waals surface area (Å²) in [5.41, 5.74) is 3.29. The summed E-state index contributed by atoms with van der Waals surface area (Å²) in [7, 11) is 3.89. The number of benzene rings is 2. The van der Waals surface area contributed by atoms with Gasteiger partial charge in [-0.15, -0.1) is 0 Å². The zero-order chi connectivity index (χ0) is 16.1. The average molecular weight is 294 g/mol. The number of nitriles is 1. The average Bonchev–Trinajstić information content (AvgIpc) is 2.53. The van der Waals surface area contributed by atoms with Gasteiger partial charge in [-0.3, -0.25) is 4.79 Å². The maximum Gasteiger partial charge on any atom is 0.311 e. The van der Waals surface area contributed by atoms with Crippen LogP contribution in [0.15, 0.2) is 48.5 Å². The van der Waals surface area contributed by atoms with Crippen molar-refractivity contribution < 1.29 is 9.90 Å². The lowest BCUT2D eigenvalue weighted by Gasteiger charge is -2.16. The molecular weight excluding hydrogens is 276 g/mol. The van der Waals surface area contributed by atoms with Crippen LogP contribution in [0.2, 0.25) is 0 Å². The second-order valence-corrected chi connectivity index (χ2v) is 5.39. The van der Waals surface area contributed by atoms with Crippen LogP contribution in [0, 0.1) is 11.3 Å². The molecule has 2 rings (SSSR count). The molecule has 1 atom stereocenters. The van der Waals surface area contributed by atoms with Crippen molar-refractivity contribution in [3.05, 3.63) is 65.2 Å². The van der Waals surface area contributed by atoms with E-state index in [0.29, 0.717) is 12.0 Å². The van der Waals surface area contributed by atoms with Gasteiger partial charge in [0.15, 0.2) is 0 Å². The molecule has 0 aliphatic heterocycles. The summed E-state index contributed by atoms with van der Waals surface area (Å²) >= 11 is 0. The first-order chi connectivity index (χ1) is 10.5. The van der Waals surface area contributed by atoms with E-state index in [1.807, 2.05) is 55.4 Å². The summed E-state index contributed by atoms with van der Waals surface area (Å²) in [6, 6.07) is 16.7. The molecule has 0 aliphatic carbocycles. The Labute approximate surface area is 130 Å². The number of nitrogens with zero attached hydrogens (tertiary/aromatic N) is 2. The van der Waals surface area contributed by atoms with Crippen LogP contribution in [-0.2, 0) is 11.2 Å². The molecule has 112 valence electrons. The van der Waals surface area contributed by atoms with Crippen molar-refractivity contribution in [3.8, 4) is 6.07 Å². The Morgan fingerprint density at radius 1 is 1.14 bits per heavy atom. The number of rotatable bonds is 5. The maximum absolute atomic E-state index is 11.6. The van der Waals surface area contributed by atoms with Crippen molar-refractivity contribution in [2.24, 2.45) is 0 Å². The Morgan fingerprint density at radius 2 is 1.73 bits per heavy atom. The second kappa shape index (κ2) is 6.77. The lowest BCUT2D eigenvalue weighted by Crippen LogP contribution is -2.15. The highest BCUT2D eigenvalue weighted by Gasteiger charge is 2.20. The number of carboxylic acids is 1. The second-order valence-electron chi connectivity index (χ2n) is 5.39. The topological polar surface area (TPSA) is 64.3 Å².